The van der Waals surface area contributed by atoms with Crippen LogP contribution in [-0.2, 0) is 11.2 Å². The number of H-pyrrole nitrogens is 1. The molecular weight excluding hydrogens is 422 g/mol. The van der Waals surface area contributed by atoms with E-state index in [0.29, 0.717) is 23.6 Å². The molecule has 6 heteroatoms. The minimum Gasteiger partial charge on any atom is -0.361 e. The van der Waals surface area contributed by atoms with Gasteiger partial charge >= 0.3 is 0 Å². The molecule has 3 aromatic rings. The third-order valence-corrected chi connectivity index (χ3v) is 6.30. The molecule has 2 aromatic carbocycles. The zero-order chi connectivity index (χ0) is 22.3. The molecule has 0 bridgehead atoms. The lowest BCUT2D eigenvalue weighted by Gasteiger charge is -2.19. The highest BCUT2D eigenvalue weighted by atomic mass is 35.5. The summed E-state index contributed by atoms with van der Waals surface area (Å²) in [5.41, 5.74) is 3.75. The first kappa shape index (κ1) is 22.2. The minimum atomic E-state index is -0.710. The summed E-state index contributed by atoms with van der Waals surface area (Å²) in [6.07, 6.45) is 10.1. The first-order valence-corrected chi connectivity index (χ1v) is 11.6. The smallest absolute Gasteiger partial charge is 0.253 e. The van der Waals surface area contributed by atoms with Crippen LogP contribution in [0.1, 0.15) is 48.0 Å². The molecule has 1 atom stereocenters. The summed E-state index contributed by atoms with van der Waals surface area (Å²) in [7, 11) is 0. The molecule has 0 radical (unpaired) electrons. The number of halogens is 1. The fourth-order valence-corrected chi connectivity index (χ4v) is 4.43. The van der Waals surface area contributed by atoms with Gasteiger partial charge in [0.05, 0.1) is 10.6 Å². The van der Waals surface area contributed by atoms with Crippen molar-refractivity contribution in [2.45, 2.75) is 44.6 Å². The predicted molar refractivity (Wildman–Crippen MR) is 129 cm³/mol. The largest absolute Gasteiger partial charge is 0.361 e. The van der Waals surface area contributed by atoms with Crippen LogP contribution in [-0.4, -0.2) is 29.4 Å². The number of carbonyl (C=O) groups excluding carboxylic acids is 2. The van der Waals surface area contributed by atoms with Gasteiger partial charge in [0, 0.05) is 30.1 Å². The van der Waals surface area contributed by atoms with Crippen LogP contribution in [0.15, 0.2) is 66.4 Å². The van der Waals surface area contributed by atoms with Crippen LogP contribution in [0, 0.1) is 0 Å². The van der Waals surface area contributed by atoms with E-state index in [-0.39, 0.29) is 11.8 Å². The van der Waals surface area contributed by atoms with Gasteiger partial charge in [0.15, 0.2) is 0 Å². The van der Waals surface area contributed by atoms with Crippen molar-refractivity contribution < 1.29 is 9.59 Å². The van der Waals surface area contributed by atoms with Crippen molar-refractivity contribution in [1.82, 2.24) is 15.6 Å². The van der Waals surface area contributed by atoms with Gasteiger partial charge in [-0.25, -0.2) is 0 Å². The van der Waals surface area contributed by atoms with Gasteiger partial charge in [-0.2, -0.15) is 0 Å². The number of nitrogens with one attached hydrogen (secondary N) is 3. The fourth-order valence-electron chi connectivity index (χ4n) is 4.21. The first-order chi connectivity index (χ1) is 15.6. The summed E-state index contributed by atoms with van der Waals surface area (Å²) < 4.78 is 0. The van der Waals surface area contributed by atoms with Crippen LogP contribution < -0.4 is 10.6 Å². The number of fused-ring (bicyclic) bond motifs is 1. The number of aromatic nitrogens is 1. The fraction of sp³-hybridized carbons (Fsp3) is 0.308. The van der Waals surface area contributed by atoms with Crippen LogP contribution in [0.5, 0.6) is 0 Å². The molecule has 0 saturated carbocycles. The second kappa shape index (κ2) is 10.5. The topological polar surface area (TPSA) is 74.0 Å². The van der Waals surface area contributed by atoms with Gasteiger partial charge in [-0.05, 0) is 55.9 Å². The summed E-state index contributed by atoms with van der Waals surface area (Å²) in [5.74, 6) is -0.544. The maximum absolute atomic E-state index is 13.1. The Morgan fingerprint density at radius 2 is 1.88 bits per heavy atom. The number of allylic oxidation sites excluding steroid dienone is 1. The average Bonchev–Trinajstić information content (AvgIpc) is 3.22. The summed E-state index contributed by atoms with van der Waals surface area (Å²) >= 11 is 6.20. The number of hydrogen-bond donors (Lipinski definition) is 3. The zero-order valence-corrected chi connectivity index (χ0v) is 18.8. The molecule has 1 heterocycles. The summed E-state index contributed by atoms with van der Waals surface area (Å²) in [4.78, 5) is 29.3. The molecule has 166 valence electrons. The van der Waals surface area contributed by atoms with Crippen molar-refractivity contribution in [2.24, 2.45) is 0 Å². The summed E-state index contributed by atoms with van der Waals surface area (Å²) in [6.45, 7) is 0.566. The number of amides is 2. The second-order valence-electron chi connectivity index (χ2n) is 8.22. The van der Waals surface area contributed by atoms with E-state index in [1.165, 1.54) is 18.4 Å². The van der Waals surface area contributed by atoms with E-state index >= 15 is 0 Å². The highest BCUT2D eigenvalue weighted by Gasteiger charge is 2.24. The highest BCUT2D eigenvalue weighted by molar-refractivity contribution is 6.33. The monoisotopic (exact) mass is 449 g/mol. The summed E-state index contributed by atoms with van der Waals surface area (Å²) in [6, 6.07) is 14.1. The van der Waals surface area contributed by atoms with Crippen LogP contribution in [0.2, 0.25) is 5.02 Å². The molecule has 32 heavy (non-hydrogen) atoms. The Bertz CT molecular complexity index is 1130. The van der Waals surface area contributed by atoms with Gasteiger partial charge in [0.2, 0.25) is 5.91 Å². The minimum absolute atomic E-state index is 0.188. The lowest BCUT2D eigenvalue weighted by molar-refractivity contribution is -0.122. The molecule has 4 rings (SSSR count). The van der Waals surface area contributed by atoms with E-state index < -0.39 is 6.04 Å². The lowest BCUT2D eigenvalue weighted by atomic mass is 9.97. The molecule has 0 aliphatic heterocycles. The standard InChI is InChI=1S/C26H28ClN3O2/c27-22-12-6-4-11-21(22)25(31)30-24(16-19-17-29-23-13-7-5-10-20(19)23)26(32)28-15-14-18-8-2-1-3-9-18/h4-8,10-13,17,24,29H,1-3,9,14-16H2,(H,28,32)(H,30,31)/t24-/m0/s1. The molecule has 1 aliphatic carbocycles. The van der Waals surface area contributed by atoms with Crippen LogP contribution in [0.3, 0.4) is 0 Å². The maximum atomic E-state index is 13.1. The van der Waals surface area contributed by atoms with Gasteiger partial charge in [-0.1, -0.05) is 53.6 Å². The number of carbonyl (C=O) groups is 2. The SMILES string of the molecule is O=C(N[C@@H](Cc1c[nH]c2ccccc12)C(=O)NCCC1=CCCCC1)c1ccccc1Cl. The Morgan fingerprint density at radius 1 is 1.06 bits per heavy atom. The number of hydrogen-bond acceptors (Lipinski definition) is 2. The molecule has 0 saturated heterocycles. The Kier molecular flexibility index (Phi) is 7.28. The van der Waals surface area contributed by atoms with Crippen molar-refractivity contribution in [2.75, 3.05) is 6.54 Å². The van der Waals surface area contributed by atoms with Crippen molar-refractivity contribution >= 4 is 34.3 Å². The van der Waals surface area contributed by atoms with Gasteiger partial charge in [-0.3, -0.25) is 9.59 Å². The molecule has 0 unspecified atom stereocenters. The van der Waals surface area contributed by atoms with E-state index in [1.807, 2.05) is 30.5 Å². The number of rotatable bonds is 8. The third kappa shape index (κ3) is 5.40. The molecular formula is C26H28ClN3O2. The van der Waals surface area contributed by atoms with Gasteiger partial charge < -0.3 is 15.6 Å². The normalized spacial score (nSPS) is 14.6. The van der Waals surface area contributed by atoms with Crippen molar-refractivity contribution in [3.63, 3.8) is 0 Å². The maximum Gasteiger partial charge on any atom is 0.253 e. The molecule has 0 spiro atoms. The Hall–Kier alpha value is -3.05. The Labute approximate surface area is 193 Å². The van der Waals surface area contributed by atoms with Crippen LogP contribution >= 0.6 is 11.6 Å². The molecule has 3 N–H and O–H groups in total. The van der Waals surface area contributed by atoms with Crippen molar-refractivity contribution in [3.8, 4) is 0 Å². The van der Waals surface area contributed by atoms with E-state index in [2.05, 4.69) is 21.7 Å². The number of benzene rings is 2. The Balaban J connectivity index is 1.48. The number of para-hydroxylation sites is 1. The predicted octanol–water partition coefficient (Wildman–Crippen LogP) is 5.17. The second-order valence-corrected chi connectivity index (χ2v) is 8.63. The third-order valence-electron chi connectivity index (χ3n) is 5.97. The number of aromatic amines is 1. The zero-order valence-electron chi connectivity index (χ0n) is 18.0. The lowest BCUT2D eigenvalue weighted by Crippen LogP contribution is -2.48. The average molecular weight is 450 g/mol. The quantitative estimate of drug-likeness (QED) is 0.415. The van der Waals surface area contributed by atoms with E-state index in [0.717, 1.165) is 35.7 Å². The first-order valence-electron chi connectivity index (χ1n) is 11.2. The van der Waals surface area contributed by atoms with Gasteiger partial charge in [0.1, 0.15) is 6.04 Å². The van der Waals surface area contributed by atoms with Crippen molar-refractivity contribution in [1.29, 1.82) is 0 Å². The van der Waals surface area contributed by atoms with Crippen LogP contribution in [0.4, 0.5) is 0 Å². The molecule has 5 nitrogen and oxygen atoms in total. The highest BCUT2D eigenvalue weighted by Crippen LogP contribution is 2.21. The molecule has 1 aliphatic rings. The van der Waals surface area contributed by atoms with Gasteiger partial charge in [-0.15, -0.1) is 0 Å². The Morgan fingerprint density at radius 3 is 2.69 bits per heavy atom. The molecule has 0 fully saturated rings. The van der Waals surface area contributed by atoms with Gasteiger partial charge in [0.25, 0.3) is 5.91 Å². The molecule has 2 amide bonds. The molecule has 1 aromatic heterocycles. The van der Waals surface area contributed by atoms with E-state index in [4.69, 9.17) is 11.6 Å². The van der Waals surface area contributed by atoms with Crippen LogP contribution in [0.25, 0.3) is 10.9 Å². The summed E-state index contributed by atoms with van der Waals surface area (Å²) in [5, 5.41) is 7.33. The van der Waals surface area contributed by atoms with E-state index in [1.54, 1.807) is 24.3 Å². The van der Waals surface area contributed by atoms with Crippen molar-refractivity contribution in [3.05, 3.63) is 82.5 Å². The van der Waals surface area contributed by atoms with E-state index in [9.17, 15) is 9.59 Å².